The predicted octanol–water partition coefficient (Wildman–Crippen LogP) is 2.42. The lowest BCUT2D eigenvalue weighted by molar-refractivity contribution is 0.0619. The van der Waals surface area contributed by atoms with E-state index in [2.05, 4.69) is 15.3 Å². The fraction of sp³-hybridized carbons (Fsp3) is 0.389. The zero-order valence-electron chi connectivity index (χ0n) is 14.3. The molecule has 1 atom stereocenters. The number of H-pyrrole nitrogens is 1. The number of aromatic nitrogens is 2. The lowest BCUT2D eigenvalue weighted by atomic mass is 9.89. The second-order valence-corrected chi connectivity index (χ2v) is 6.84. The molecule has 1 aliphatic rings. The summed E-state index contributed by atoms with van der Waals surface area (Å²) in [6.07, 6.45) is 1.93. The highest BCUT2D eigenvalue weighted by atomic mass is 16.5. The quantitative estimate of drug-likeness (QED) is 0.887. The van der Waals surface area contributed by atoms with Gasteiger partial charge in [-0.2, -0.15) is 0 Å². The molecule has 2 aromatic rings. The van der Waals surface area contributed by atoms with Gasteiger partial charge in [0.1, 0.15) is 22.7 Å². The van der Waals surface area contributed by atoms with Gasteiger partial charge in [-0.05, 0) is 33.8 Å². The van der Waals surface area contributed by atoms with E-state index < -0.39 is 17.1 Å². The monoisotopic (exact) mass is 327 g/mol. The Kier molecular flexibility index (Phi) is 3.91. The summed E-state index contributed by atoms with van der Waals surface area (Å²) in [4.78, 5) is 31.1. The van der Waals surface area contributed by atoms with Crippen LogP contribution in [0.15, 0.2) is 29.2 Å². The topological polar surface area (TPSA) is 84.1 Å². The van der Waals surface area contributed by atoms with Gasteiger partial charge < -0.3 is 15.0 Å². The maximum Gasteiger partial charge on any atom is 0.263 e. The van der Waals surface area contributed by atoms with Gasteiger partial charge in [-0.3, -0.25) is 9.59 Å². The van der Waals surface area contributed by atoms with Crippen molar-refractivity contribution < 1.29 is 9.53 Å². The molecular formula is C18H21N3O3. The van der Waals surface area contributed by atoms with Crippen LogP contribution in [0.2, 0.25) is 0 Å². The summed E-state index contributed by atoms with van der Waals surface area (Å²) in [5, 5.41) is 2.96. The second kappa shape index (κ2) is 5.78. The molecule has 126 valence electrons. The van der Waals surface area contributed by atoms with Crippen LogP contribution in [0.25, 0.3) is 0 Å². The molecule has 24 heavy (non-hydrogen) atoms. The normalized spacial score (nSPS) is 18.4. The molecule has 1 aromatic carbocycles. The van der Waals surface area contributed by atoms with Gasteiger partial charge in [0.2, 0.25) is 0 Å². The standard InChI is InChI=1S/C18H21N3O3/c1-10-5-6-15-12(7-10)14(8-18(3,4)24-15)21-17(23)13-9-19-11(2)20-16(13)22/h5-7,9,14H,8H2,1-4H3,(H,21,23)(H,19,20,22)/t14-/m1/s1. The van der Waals surface area contributed by atoms with E-state index in [9.17, 15) is 9.59 Å². The van der Waals surface area contributed by atoms with Gasteiger partial charge in [0.25, 0.3) is 11.5 Å². The Hall–Kier alpha value is -2.63. The van der Waals surface area contributed by atoms with Crippen molar-refractivity contribution in [1.82, 2.24) is 15.3 Å². The minimum absolute atomic E-state index is 0.0131. The average Bonchev–Trinajstić information content (AvgIpc) is 2.47. The largest absolute Gasteiger partial charge is 0.487 e. The lowest BCUT2D eigenvalue weighted by Gasteiger charge is -2.38. The number of aromatic amines is 1. The van der Waals surface area contributed by atoms with Crippen LogP contribution >= 0.6 is 0 Å². The smallest absolute Gasteiger partial charge is 0.263 e. The second-order valence-electron chi connectivity index (χ2n) is 6.84. The van der Waals surface area contributed by atoms with Crippen molar-refractivity contribution in [3.05, 3.63) is 57.3 Å². The Bertz CT molecular complexity index is 855. The Morgan fingerprint density at radius 1 is 1.38 bits per heavy atom. The van der Waals surface area contributed by atoms with E-state index in [1.54, 1.807) is 6.92 Å². The molecule has 0 bridgehead atoms. The summed E-state index contributed by atoms with van der Waals surface area (Å²) in [5.74, 6) is 0.807. The Labute approximate surface area is 140 Å². The molecule has 3 rings (SSSR count). The van der Waals surface area contributed by atoms with E-state index in [-0.39, 0.29) is 11.6 Å². The van der Waals surface area contributed by atoms with E-state index in [4.69, 9.17) is 4.74 Å². The molecule has 0 saturated carbocycles. The summed E-state index contributed by atoms with van der Waals surface area (Å²) in [6.45, 7) is 7.63. The molecule has 0 fully saturated rings. The number of ether oxygens (including phenoxy) is 1. The minimum Gasteiger partial charge on any atom is -0.487 e. The summed E-state index contributed by atoms with van der Waals surface area (Å²) in [5.41, 5.74) is 1.19. The third kappa shape index (κ3) is 3.18. The van der Waals surface area contributed by atoms with Crippen LogP contribution in [0, 0.1) is 13.8 Å². The van der Waals surface area contributed by atoms with Gasteiger partial charge >= 0.3 is 0 Å². The summed E-state index contributed by atoms with van der Waals surface area (Å²) < 4.78 is 6.00. The maximum absolute atomic E-state index is 12.5. The predicted molar refractivity (Wildman–Crippen MR) is 90.3 cm³/mol. The van der Waals surface area contributed by atoms with Gasteiger partial charge in [-0.25, -0.2) is 4.98 Å². The van der Waals surface area contributed by atoms with Crippen LogP contribution in [0.1, 0.15) is 53.6 Å². The number of hydrogen-bond donors (Lipinski definition) is 2. The van der Waals surface area contributed by atoms with Crippen molar-refractivity contribution in [3.8, 4) is 5.75 Å². The molecule has 1 amide bonds. The zero-order chi connectivity index (χ0) is 17.5. The minimum atomic E-state index is -0.434. The molecular weight excluding hydrogens is 306 g/mol. The van der Waals surface area contributed by atoms with Crippen LogP contribution in [-0.4, -0.2) is 21.5 Å². The number of hydrogen-bond acceptors (Lipinski definition) is 4. The number of aryl methyl sites for hydroxylation is 2. The first kappa shape index (κ1) is 16.2. The van der Waals surface area contributed by atoms with Crippen LogP contribution in [0.5, 0.6) is 5.75 Å². The molecule has 0 radical (unpaired) electrons. The molecule has 0 saturated heterocycles. The van der Waals surface area contributed by atoms with Crippen molar-refractivity contribution >= 4 is 5.91 Å². The zero-order valence-corrected chi connectivity index (χ0v) is 14.3. The maximum atomic E-state index is 12.5. The molecule has 6 nitrogen and oxygen atoms in total. The molecule has 0 spiro atoms. The van der Waals surface area contributed by atoms with Gasteiger partial charge in [-0.15, -0.1) is 0 Å². The number of nitrogens with zero attached hydrogens (tertiary/aromatic N) is 1. The van der Waals surface area contributed by atoms with Crippen molar-refractivity contribution in [1.29, 1.82) is 0 Å². The van der Waals surface area contributed by atoms with Crippen molar-refractivity contribution in [2.75, 3.05) is 0 Å². The number of carbonyl (C=O) groups is 1. The van der Waals surface area contributed by atoms with Crippen LogP contribution in [0.3, 0.4) is 0 Å². The number of benzene rings is 1. The molecule has 1 aromatic heterocycles. The Morgan fingerprint density at radius 3 is 2.83 bits per heavy atom. The highest BCUT2D eigenvalue weighted by molar-refractivity contribution is 5.93. The van der Waals surface area contributed by atoms with Crippen LogP contribution in [0.4, 0.5) is 0 Å². The van der Waals surface area contributed by atoms with Crippen molar-refractivity contribution in [2.24, 2.45) is 0 Å². The van der Waals surface area contributed by atoms with Gasteiger partial charge in [0, 0.05) is 18.2 Å². The van der Waals surface area contributed by atoms with E-state index >= 15 is 0 Å². The fourth-order valence-electron chi connectivity index (χ4n) is 2.98. The van der Waals surface area contributed by atoms with Gasteiger partial charge in [0.15, 0.2) is 0 Å². The third-order valence-electron chi connectivity index (χ3n) is 4.10. The Morgan fingerprint density at radius 2 is 2.12 bits per heavy atom. The SMILES string of the molecule is Cc1ccc2c(c1)[C@H](NC(=O)c1cnc(C)[nH]c1=O)CC(C)(C)O2. The molecule has 6 heteroatoms. The third-order valence-corrected chi connectivity index (χ3v) is 4.10. The first-order valence-corrected chi connectivity index (χ1v) is 7.91. The van der Waals surface area contributed by atoms with Gasteiger partial charge in [0.05, 0.1) is 6.04 Å². The fourth-order valence-corrected chi connectivity index (χ4v) is 2.98. The first-order valence-electron chi connectivity index (χ1n) is 7.91. The average molecular weight is 327 g/mol. The van der Waals surface area contributed by atoms with Crippen molar-refractivity contribution in [3.63, 3.8) is 0 Å². The number of amides is 1. The molecule has 0 aliphatic carbocycles. The van der Waals surface area contributed by atoms with Gasteiger partial charge in [-0.1, -0.05) is 17.7 Å². The molecule has 2 heterocycles. The number of fused-ring (bicyclic) bond motifs is 1. The molecule has 1 aliphatic heterocycles. The van der Waals surface area contributed by atoms with E-state index in [0.717, 1.165) is 16.9 Å². The summed E-state index contributed by atoms with van der Waals surface area (Å²) in [6, 6.07) is 5.68. The highest BCUT2D eigenvalue weighted by Crippen LogP contribution is 2.39. The number of carbonyl (C=O) groups excluding carboxylic acids is 1. The van der Waals surface area contributed by atoms with Crippen LogP contribution < -0.4 is 15.6 Å². The van der Waals surface area contributed by atoms with E-state index in [0.29, 0.717) is 12.2 Å². The highest BCUT2D eigenvalue weighted by Gasteiger charge is 2.35. The Balaban J connectivity index is 1.93. The summed E-state index contributed by atoms with van der Waals surface area (Å²) in [7, 11) is 0. The van der Waals surface area contributed by atoms with Crippen LogP contribution in [-0.2, 0) is 0 Å². The molecule has 2 N–H and O–H groups in total. The summed E-state index contributed by atoms with van der Waals surface area (Å²) >= 11 is 0. The number of nitrogens with one attached hydrogen (secondary N) is 2. The first-order chi connectivity index (χ1) is 11.2. The lowest BCUT2D eigenvalue weighted by Crippen LogP contribution is -2.42. The van der Waals surface area contributed by atoms with Crippen molar-refractivity contribution in [2.45, 2.75) is 45.8 Å². The van der Waals surface area contributed by atoms with E-state index in [1.807, 2.05) is 39.0 Å². The van der Waals surface area contributed by atoms with E-state index in [1.165, 1.54) is 6.20 Å². The molecule has 0 unspecified atom stereocenters. The number of rotatable bonds is 2.